The van der Waals surface area contributed by atoms with Gasteiger partial charge in [-0.3, -0.25) is 14.5 Å². The van der Waals surface area contributed by atoms with Crippen LogP contribution in [0.4, 0.5) is 13.2 Å². The number of carbonyl (C=O) groups is 2. The summed E-state index contributed by atoms with van der Waals surface area (Å²) in [6.07, 6.45) is -4.69. The third-order valence-electron chi connectivity index (χ3n) is 4.27. The van der Waals surface area contributed by atoms with E-state index < -0.39 is 48.9 Å². The molecule has 0 radical (unpaired) electrons. The van der Waals surface area contributed by atoms with E-state index in [0.29, 0.717) is 18.7 Å². The molecule has 27 heavy (non-hydrogen) atoms. The molecule has 1 aliphatic rings. The molecule has 1 aromatic rings. The van der Waals surface area contributed by atoms with Crippen LogP contribution in [0.1, 0.15) is 17.5 Å². The number of amides is 2. The van der Waals surface area contributed by atoms with Crippen LogP contribution in [-0.4, -0.2) is 65.3 Å². The topological polar surface area (TPSA) is 102 Å². The second-order valence-corrected chi connectivity index (χ2v) is 6.31. The molecular weight excluding hydrogens is 367 g/mol. The molecule has 0 saturated carbocycles. The van der Waals surface area contributed by atoms with E-state index in [0.717, 1.165) is 12.1 Å². The van der Waals surface area contributed by atoms with Crippen LogP contribution in [-0.2, 0) is 22.3 Å². The number of nitrogens with one attached hydrogen (secondary N) is 2. The quantitative estimate of drug-likeness (QED) is 0.520. The summed E-state index contributed by atoms with van der Waals surface area (Å²) in [4.78, 5) is 25.9. The van der Waals surface area contributed by atoms with Crippen molar-refractivity contribution < 1.29 is 33.0 Å². The van der Waals surface area contributed by atoms with E-state index in [-0.39, 0.29) is 13.0 Å². The first-order chi connectivity index (χ1) is 12.7. The standard InChI is InChI=1S/C17H22F3N3O4/c18-17(19,20)12-3-1-2-11(6-12)8-23-5-4-21-16(27)14(23)7-15(26)22-13(9-24)10-25/h1-3,6,13-14,24-25H,4-5,7-10H2,(H,21,27)(H,22,26)/t14-/m0/s1. The number of hydrogen-bond donors (Lipinski definition) is 4. The normalized spacial score (nSPS) is 18.4. The van der Waals surface area contributed by atoms with Gasteiger partial charge >= 0.3 is 6.18 Å². The zero-order valence-corrected chi connectivity index (χ0v) is 14.5. The van der Waals surface area contributed by atoms with Gasteiger partial charge in [0, 0.05) is 19.6 Å². The fourth-order valence-electron chi connectivity index (χ4n) is 2.86. The molecule has 1 aromatic carbocycles. The van der Waals surface area contributed by atoms with Gasteiger partial charge < -0.3 is 20.8 Å². The van der Waals surface area contributed by atoms with Gasteiger partial charge in [-0.25, -0.2) is 0 Å². The predicted octanol–water partition coefficient (Wildman–Crippen LogP) is -0.135. The van der Waals surface area contributed by atoms with Crippen molar-refractivity contribution in [1.29, 1.82) is 0 Å². The zero-order valence-electron chi connectivity index (χ0n) is 14.5. The van der Waals surface area contributed by atoms with Crippen molar-refractivity contribution in [3.63, 3.8) is 0 Å². The Morgan fingerprint density at radius 2 is 2.04 bits per heavy atom. The Bertz CT molecular complexity index is 665. The summed E-state index contributed by atoms with van der Waals surface area (Å²) in [5, 5.41) is 23.1. The van der Waals surface area contributed by atoms with Crippen molar-refractivity contribution in [3.05, 3.63) is 35.4 Å². The van der Waals surface area contributed by atoms with Crippen LogP contribution in [0.5, 0.6) is 0 Å². The Morgan fingerprint density at radius 3 is 2.67 bits per heavy atom. The summed E-state index contributed by atoms with van der Waals surface area (Å²) >= 11 is 0. The summed E-state index contributed by atoms with van der Waals surface area (Å²) in [6.45, 7) is -0.117. The highest BCUT2D eigenvalue weighted by atomic mass is 19.4. The van der Waals surface area contributed by atoms with E-state index in [1.165, 1.54) is 12.1 Å². The van der Waals surface area contributed by atoms with Crippen LogP contribution in [0.2, 0.25) is 0 Å². The van der Waals surface area contributed by atoms with Crippen LogP contribution in [0.15, 0.2) is 24.3 Å². The molecule has 1 heterocycles. The molecule has 150 valence electrons. The van der Waals surface area contributed by atoms with E-state index in [1.54, 1.807) is 4.90 Å². The third-order valence-corrected chi connectivity index (χ3v) is 4.27. The number of aliphatic hydroxyl groups is 2. The molecular formula is C17H22F3N3O4. The van der Waals surface area contributed by atoms with Gasteiger partial charge in [-0.1, -0.05) is 18.2 Å². The summed E-state index contributed by atoms with van der Waals surface area (Å²) < 4.78 is 38.6. The van der Waals surface area contributed by atoms with Crippen LogP contribution >= 0.6 is 0 Å². The first-order valence-corrected chi connectivity index (χ1v) is 8.43. The molecule has 2 rings (SSSR count). The first-order valence-electron chi connectivity index (χ1n) is 8.43. The highest BCUT2D eigenvalue weighted by molar-refractivity contribution is 5.88. The molecule has 1 fully saturated rings. The van der Waals surface area contributed by atoms with Gasteiger partial charge in [-0.2, -0.15) is 13.2 Å². The number of halogens is 3. The highest BCUT2D eigenvalue weighted by Gasteiger charge is 2.33. The van der Waals surface area contributed by atoms with Gasteiger partial charge in [0.25, 0.3) is 0 Å². The van der Waals surface area contributed by atoms with Crippen molar-refractivity contribution in [1.82, 2.24) is 15.5 Å². The van der Waals surface area contributed by atoms with Crippen molar-refractivity contribution in [3.8, 4) is 0 Å². The number of rotatable bonds is 7. The van der Waals surface area contributed by atoms with E-state index >= 15 is 0 Å². The number of alkyl halides is 3. The number of hydrogen-bond acceptors (Lipinski definition) is 5. The minimum Gasteiger partial charge on any atom is -0.394 e. The van der Waals surface area contributed by atoms with Gasteiger partial charge in [0.2, 0.25) is 11.8 Å². The molecule has 7 nitrogen and oxygen atoms in total. The van der Waals surface area contributed by atoms with Crippen molar-refractivity contribution in [2.24, 2.45) is 0 Å². The summed E-state index contributed by atoms with van der Waals surface area (Å²) in [5.74, 6) is -0.938. The average Bonchev–Trinajstić information content (AvgIpc) is 2.62. The van der Waals surface area contributed by atoms with Gasteiger partial charge in [0.1, 0.15) is 0 Å². The maximum atomic E-state index is 12.9. The lowest BCUT2D eigenvalue weighted by Gasteiger charge is -2.35. The molecule has 1 aliphatic heterocycles. The Balaban J connectivity index is 2.09. The fraction of sp³-hybridized carbons (Fsp3) is 0.529. The monoisotopic (exact) mass is 389 g/mol. The molecule has 10 heteroatoms. The molecule has 0 unspecified atom stereocenters. The largest absolute Gasteiger partial charge is 0.416 e. The first kappa shape index (κ1) is 21.1. The third kappa shape index (κ3) is 5.91. The molecule has 0 aromatic heterocycles. The molecule has 0 bridgehead atoms. The van der Waals surface area contributed by atoms with Crippen molar-refractivity contribution in [2.45, 2.75) is 31.2 Å². The predicted molar refractivity (Wildman–Crippen MR) is 89.4 cm³/mol. The smallest absolute Gasteiger partial charge is 0.394 e. The number of nitrogens with zero attached hydrogens (tertiary/aromatic N) is 1. The van der Waals surface area contributed by atoms with Gasteiger partial charge in [-0.05, 0) is 11.6 Å². The Labute approximate surface area is 154 Å². The molecule has 0 aliphatic carbocycles. The minimum atomic E-state index is -4.46. The Morgan fingerprint density at radius 1 is 1.33 bits per heavy atom. The zero-order chi connectivity index (χ0) is 20.0. The lowest BCUT2D eigenvalue weighted by molar-refractivity contribution is -0.137. The summed E-state index contributed by atoms with van der Waals surface area (Å²) in [5.41, 5.74) is -0.391. The maximum Gasteiger partial charge on any atom is 0.416 e. The van der Waals surface area contributed by atoms with Gasteiger partial charge in [0.05, 0.1) is 37.3 Å². The molecule has 4 N–H and O–H groups in total. The SMILES string of the molecule is O=C(C[C@H]1C(=O)NCCN1Cc1cccc(C(F)(F)F)c1)NC(CO)CO. The maximum absolute atomic E-state index is 12.9. The minimum absolute atomic E-state index is 0.0821. The van der Waals surface area contributed by atoms with Crippen LogP contribution in [0.25, 0.3) is 0 Å². The van der Waals surface area contributed by atoms with Crippen LogP contribution in [0, 0.1) is 0 Å². The number of piperazine rings is 1. The van der Waals surface area contributed by atoms with Gasteiger partial charge in [-0.15, -0.1) is 0 Å². The van der Waals surface area contributed by atoms with Crippen LogP contribution < -0.4 is 10.6 Å². The van der Waals surface area contributed by atoms with E-state index in [9.17, 15) is 22.8 Å². The summed E-state index contributed by atoms with van der Waals surface area (Å²) in [7, 11) is 0. The van der Waals surface area contributed by atoms with E-state index in [1.807, 2.05) is 0 Å². The summed E-state index contributed by atoms with van der Waals surface area (Å²) in [6, 6.07) is 3.15. The van der Waals surface area contributed by atoms with E-state index in [4.69, 9.17) is 10.2 Å². The fourth-order valence-corrected chi connectivity index (χ4v) is 2.86. The molecule has 0 spiro atoms. The van der Waals surface area contributed by atoms with E-state index in [2.05, 4.69) is 10.6 Å². The van der Waals surface area contributed by atoms with Crippen LogP contribution in [0.3, 0.4) is 0 Å². The van der Waals surface area contributed by atoms with Crippen molar-refractivity contribution >= 4 is 11.8 Å². The Kier molecular flexibility index (Phi) is 7.17. The molecule has 2 amide bonds. The van der Waals surface area contributed by atoms with Gasteiger partial charge in [0.15, 0.2) is 0 Å². The highest BCUT2D eigenvalue weighted by Crippen LogP contribution is 2.30. The number of carbonyl (C=O) groups excluding carboxylic acids is 2. The number of benzene rings is 1. The average molecular weight is 389 g/mol. The second-order valence-electron chi connectivity index (χ2n) is 6.31. The lowest BCUT2D eigenvalue weighted by Crippen LogP contribution is -2.56. The molecule has 1 saturated heterocycles. The molecule has 1 atom stereocenters. The lowest BCUT2D eigenvalue weighted by atomic mass is 10.0. The number of aliphatic hydroxyl groups excluding tert-OH is 2. The van der Waals surface area contributed by atoms with Crippen molar-refractivity contribution in [2.75, 3.05) is 26.3 Å². The second kappa shape index (κ2) is 9.16. The Hall–Kier alpha value is -2.17.